The van der Waals surface area contributed by atoms with Gasteiger partial charge in [-0.05, 0) is 18.6 Å². The predicted molar refractivity (Wildman–Crippen MR) is 77.1 cm³/mol. The van der Waals surface area contributed by atoms with E-state index in [-0.39, 0.29) is 18.4 Å². The predicted octanol–water partition coefficient (Wildman–Crippen LogP) is 1.98. The lowest BCUT2D eigenvalue weighted by Crippen LogP contribution is -2.40. The summed E-state index contributed by atoms with van der Waals surface area (Å²) in [6, 6.07) is 7.57. The molecule has 6 nitrogen and oxygen atoms in total. The summed E-state index contributed by atoms with van der Waals surface area (Å²) in [5.74, 6) is 0. The van der Waals surface area contributed by atoms with Gasteiger partial charge in [0, 0.05) is 24.9 Å². The second-order valence-corrected chi connectivity index (χ2v) is 5.26. The van der Waals surface area contributed by atoms with Crippen molar-refractivity contribution >= 4 is 11.7 Å². The van der Waals surface area contributed by atoms with Crippen LogP contribution in [-0.2, 0) is 14.2 Å². The molecule has 1 aromatic carbocycles. The molecule has 2 amide bonds. The van der Waals surface area contributed by atoms with Gasteiger partial charge < -0.3 is 24.4 Å². The summed E-state index contributed by atoms with van der Waals surface area (Å²) in [7, 11) is 1.79. The van der Waals surface area contributed by atoms with Crippen molar-refractivity contribution in [3.8, 4) is 0 Å². The van der Waals surface area contributed by atoms with Crippen LogP contribution >= 0.6 is 0 Å². The summed E-state index contributed by atoms with van der Waals surface area (Å²) in [4.78, 5) is 13.9. The molecule has 2 saturated heterocycles. The van der Waals surface area contributed by atoms with E-state index in [9.17, 15) is 4.79 Å². The number of nitrogens with one attached hydrogen (secondary N) is 1. The first-order valence-electron chi connectivity index (χ1n) is 7.19. The highest BCUT2D eigenvalue weighted by Crippen LogP contribution is 2.25. The minimum atomic E-state index is -0.331. The third kappa shape index (κ3) is 3.34. The molecule has 6 heteroatoms. The van der Waals surface area contributed by atoms with Gasteiger partial charge in [0.2, 0.25) is 0 Å². The summed E-state index contributed by atoms with van der Waals surface area (Å²) in [6.07, 6.45) is 0.552. The Morgan fingerprint density at radius 3 is 2.81 bits per heavy atom. The van der Waals surface area contributed by atoms with Gasteiger partial charge in [0.25, 0.3) is 0 Å². The average Bonchev–Trinajstić information content (AvgIpc) is 3.20. The molecule has 2 heterocycles. The van der Waals surface area contributed by atoms with Crippen molar-refractivity contribution in [3.63, 3.8) is 0 Å². The number of hydrogen-bond acceptors (Lipinski definition) is 4. The molecule has 0 spiro atoms. The van der Waals surface area contributed by atoms with Crippen LogP contribution in [0.3, 0.4) is 0 Å². The van der Waals surface area contributed by atoms with Gasteiger partial charge in [0.15, 0.2) is 6.29 Å². The highest BCUT2D eigenvalue weighted by molar-refractivity contribution is 5.89. The Hall–Kier alpha value is -1.63. The molecule has 0 saturated carbocycles. The first-order valence-corrected chi connectivity index (χ1v) is 7.19. The Morgan fingerprint density at radius 1 is 1.29 bits per heavy atom. The fourth-order valence-electron chi connectivity index (χ4n) is 2.52. The number of carbonyl (C=O) groups is 1. The Kier molecular flexibility index (Phi) is 4.38. The second kappa shape index (κ2) is 6.43. The number of ether oxygens (including phenoxy) is 3. The van der Waals surface area contributed by atoms with Crippen LogP contribution in [0, 0.1) is 0 Å². The Morgan fingerprint density at radius 2 is 2.10 bits per heavy atom. The number of carbonyl (C=O) groups excluding carboxylic acids is 1. The van der Waals surface area contributed by atoms with Crippen LogP contribution in [-0.4, -0.2) is 50.4 Å². The van der Waals surface area contributed by atoms with E-state index in [1.54, 1.807) is 11.9 Å². The minimum absolute atomic E-state index is 0.129. The zero-order chi connectivity index (χ0) is 14.7. The molecule has 0 bridgehead atoms. The maximum atomic E-state index is 12.2. The average molecular weight is 292 g/mol. The SMILES string of the molecule is CN(C(=O)Nc1cccc(C2OCCO2)c1)[C@@H]1CCOC1. The quantitative estimate of drug-likeness (QED) is 0.925. The first kappa shape index (κ1) is 14.3. The number of urea groups is 1. The molecule has 2 aliphatic rings. The molecule has 21 heavy (non-hydrogen) atoms. The maximum absolute atomic E-state index is 12.2. The summed E-state index contributed by atoms with van der Waals surface area (Å²) < 4.78 is 16.2. The van der Waals surface area contributed by atoms with Gasteiger partial charge in [-0.3, -0.25) is 0 Å². The summed E-state index contributed by atoms with van der Waals surface area (Å²) >= 11 is 0. The molecule has 2 fully saturated rings. The first-order chi connectivity index (χ1) is 10.2. The molecule has 114 valence electrons. The number of rotatable bonds is 3. The molecule has 2 aliphatic heterocycles. The molecule has 1 aromatic rings. The van der Waals surface area contributed by atoms with Crippen molar-refractivity contribution in [3.05, 3.63) is 29.8 Å². The third-order valence-electron chi connectivity index (χ3n) is 3.81. The second-order valence-electron chi connectivity index (χ2n) is 5.26. The number of benzene rings is 1. The molecule has 0 aliphatic carbocycles. The van der Waals surface area contributed by atoms with Crippen molar-refractivity contribution in [1.82, 2.24) is 4.90 Å². The van der Waals surface area contributed by atoms with Crippen LogP contribution in [0.5, 0.6) is 0 Å². The zero-order valence-electron chi connectivity index (χ0n) is 12.1. The van der Waals surface area contributed by atoms with E-state index >= 15 is 0 Å². The highest BCUT2D eigenvalue weighted by atomic mass is 16.7. The molecule has 3 rings (SSSR count). The number of hydrogen-bond donors (Lipinski definition) is 1. The van der Waals surface area contributed by atoms with Crippen molar-refractivity contribution in [1.29, 1.82) is 0 Å². The lowest BCUT2D eigenvalue weighted by atomic mass is 10.2. The fraction of sp³-hybridized carbons (Fsp3) is 0.533. The molecule has 0 unspecified atom stereocenters. The minimum Gasteiger partial charge on any atom is -0.379 e. The standard InChI is InChI=1S/C15H20N2O4/c1-17(13-5-6-19-10-13)15(18)16-12-4-2-3-11(9-12)14-20-7-8-21-14/h2-4,9,13-14H,5-8,10H2,1H3,(H,16,18)/t13-/m1/s1. The van der Waals surface area contributed by atoms with Crippen LogP contribution in [0.2, 0.25) is 0 Å². The van der Waals surface area contributed by atoms with E-state index in [0.29, 0.717) is 26.4 Å². The number of anilines is 1. The van der Waals surface area contributed by atoms with Crippen LogP contribution in [0.25, 0.3) is 0 Å². The monoisotopic (exact) mass is 292 g/mol. The molecule has 0 aromatic heterocycles. The molecule has 0 radical (unpaired) electrons. The summed E-state index contributed by atoms with van der Waals surface area (Å²) in [5.41, 5.74) is 1.65. The number of likely N-dealkylation sites (N-methyl/N-ethyl adjacent to an activating group) is 1. The zero-order valence-corrected chi connectivity index (χ0v) is 12.1. The Bertz CT molecular complexity index is 496. The van der Waals surface area contributed by atoms with Gasteiger partial charge in [-0.15, -0.1) is 0 Å². The van der Waals surface area contributed by atoms with E-state index in [2.05, 4.69) is 5.32 Å². The van der Waals surface area contributed by atoms with Gasteiger partial charge in [-0.2, -0.15) is 0 Å². The van der Waals surface area contributed by atoms with Gasteiger partial charge in [0.05, 0.1) is 25.9 Å². The summed E-state index contributed by atoms with van der Waals surface area (Å²) in [5, 5.41) is 2.90. The van der Waals surface area contributed by atoms with E-state index < -0.39 is 0 Å². The van der Waals surface area contributed by atoms with Crippen LogP contribution < -0.4 is 5.32 Å². The number of amides is 2. The van der Waals surface area contributed by atoms with Gasteiger partial charge in [-0.1, -0.05) is 12.1 Å². The smallest absolute Gasteiger partial charge is 0.321 e. The Balaban J connectivity index is 1.63. The molecule has 1 atom stereocenters. The summed E-state index contributed by atoms with van der Waals surface area (Å²) in [6.45, 7) is 2.53. The van der Waals surface area contributed by atoms with E-state index in [4.69, 9.17) is 14.2 Å². The van der Waals surface area contributed by atoms with Crippen molar-refractivity contribution in [2.24, 2.45) is 0 Å². The lowest BCUT2D eigenvalue weighted by molar-refractivity contribution is -0.0440. The van der Waals surface area contributed by atoms with Crippen LogP contribution in [0.4, 0.5) is 10.5 Å². The van der Waals surface area contributed by atoms with Crippen molar-refractivity contribution in [2.75, 3.05) is 38.8 Å². The Labute approximate surface area is 124 Å². The van der Waals surface area contributed by atoms with Gasteiger partial charge >= 0.3 is 6.03 Å². The fourth-order valence-corrected chi connectivity index (χ4v) is 2.52. The van der Waals surface area contributed by atoms with E-state index in [1.807, 2.05) is 24.3 Å². The maximum Gasteiger partial charge on any atom is 0.321 e. The van der Waals surface area contributed by atoms with Crippen LogP contribution in [0.1, 0.15) is 18.3 Å². The highest BCUT2D eigenvalue weighted by Gasteiger charge is 2.24. The van der Waals surface area contributed by atoms with Crippen molar-refractivity contribution in [2.45, 2.75) is 18.8 Å². The van der Waals surface area contributed by atoms with Gasteiger partial charge in [0.1, 0.15) is 0 Å². The third-order valence-corrected chi connectivity index (χ3v) is 3.81. The van der Waals surface area contributed by atoms with Crippen molar-refractivity contribution < 1.29 is 19.0 Å². The van der Waals surface area contributed by atoms with Gasteiger partial charge in [-0.25, -0.2) is 4.79 Å². The molecule has 1 N–H and O–H groups in total. The molecular weight excluding hydrogens is 272 g/mol. The van der Waals surface area contributed by atoms with E-state index in [1.165, 1.54) is 0 Å². The normalized spacial score (nSPS) is 22.4. The topological polar surface area (TPSA) is 60.0 Å². The molecular formula is C15H20N2O4. The number of nitrogens with zero attached hydrogens (tertiary/aromatic N) is 1. The van der Waals surface area contributed by atoms with Crippen LogP contribution in [0.15, 0.2) is 24.3 Å². The lowest BCUT2D eigenvalue weighted by Gasteiger charge is -2.23. The largest absolute Gasteiger partial charge is 0.379 e. The van der Waals surface area contributed by atoms with E-state index in [0.717, 1.165) is 17.7 Å².